The number of rotatable bonds is 8. The van der Waals surface area contributed by atoms with Crippen molar-refractivity contribution in [2.45, 2.75) is 26.7 Å². The summed E-state index contributed by atoms with van der Waals surface area (Å²) in [5, 5.41) is 8.84. The Morgan fingerprint density at radius 1 is 1.00 bits per heavy atom. The lowest BCUT2D eigenvalue weighted by molar-refractivity contribution is -0.139. The molecule has 0 bridgehead atoms. The van der Waals surface area contributed by atoms with Gasteiger partial charge >= 0.3 is 5.97 Å². The third kappa shape index (κ3) is 5.73. The zero-order valence-electron chi connectivity index (χ0n) is 13.9. The van der Waals surface area contributed by atoms with Gasteiger partial charge in [0.1, 0.15) is 0 Å². The van der Waals surface area contributed by atoms with Gasteiger partial charge in [0.25, 0.3) is 0 Å². The molecule has 0 saturated heterocycles. The average molecular weight is 320 g/mol. The molecule has 1 rings (SSSR count). The topological polar surface area (TPSA) is 77.9 Å². The molecule has 0 saturated carbocycles. The van der Waals surface area contributed by atoms with Crippen molar-refractivity contribution in [2.75, 3.05) is 26.7 Å². The summed E-state index contributed by atoms with van der Waals surface area (Å²) in [4.78, 5) is 38.0. The summed E-state index contributed by atoms with van der Waals surface area (Å²) in [6.07, 6.45) is 0.803. The molecule has 0 aromatic heterocycles. The van der Waals surface area contributed by atoms with Gasteiger partial charge in [-0.05, 0) is 38.0 Å². The summed E-state index contributed by atoms with van der Waals surface area (Å²) in [6, 6.07) is 6.46. The van der Waals surface area contributed by atoms with Crippen LogP contribution in [0.1, 0.15) is 36.2 Å². The Kier molecular flexibility index (Phi) is 7.25. The fourth-order valence-corrected chi connectivity index (χ4v) is 2.22. The van der Waals surface area contributed by atoms with Gasteiger partial charge in [-0.2, -0.15) is 0 Å². The standard InChI is InChI=1S/C17H24N2O4/c1-4-19(5-2)16(21)12-18(3)15(20)11-8-13-6-9-14(10-7-13)17(22)23/h6-7,9-10H,4-5,8,11-12H2,1-3H3,(H,22,23). The van der Waals surface area contributed by atoms with E-state index in [-0.39, 0.29) is 30.3 Å². The highest BCUT2D eigenvalue weighted by Gasteiger charge is 2.16. The molecule has 1 N–H and O–H groups in total. The second kappa shape index (κ2) is 8.92. The number of amides is 2. The second-order valence-corrected chi connectivity index (χ2v) is 5.32. The first-order valence-electron chi connectivity index (χ1n) is 7.73. The van der Waals surface area contributed by atoms with E-state index in [1.54, 1.807) is 24.1 Å². The van der Waals surface area contributed by atoms with E-state index in [4.69, 9.17) is 5.11 Å². The quantitative estimate of drug-likeness (QED) is 0.790. The number of aromatic carboxylic acids is 1. The Balaban J connectivity index is 2.49. The molecule has 0 aliphatic rings. The fraction of sp³-hybridized carbons (Fsp3) is 0.471. The smallest absolute Gasteiger partial charge is 0.335 e. The van der Waals surface area contributed by atoms with Crippen LogP contribution in [0.5, 0.6) is 0 Å². The Bertz CT molecular complexity index is 550. The van der Waals surface area contributed by atoms with Crippen LogP contribution in [0.25, 0.3) is 0 Å². The van der Waals surface area contributed by atoms with Crippen LogP contribution in [0.4, 0.5) is 0 Å². The van der Waals surface area contributed by atoms with Crippen molar-refractivity contribution in [2.24, 2.45) is 0 Å². The first kappa shape index (κ1) is 18.7. The number of carbonyl (C=O) groups is 3. The number of carboxylic acids is 1. The number of benzene rings is 1. The highest BCUT2D eigenvalue weighted by molar-refractivity contribution is 5.87. The van der Waals surface area contributed by atoms with E-state index < -0.39 is 5.97 Å². The predicted octanol–water partition coefficient (Wildman–Crippen LogP) is 1.64. The minimum atomic E-state index is -0.970. The highest BCUT2D eigenvalue weighted by atomic mass is 16.4. The van der Waals surface area contributed by atoms with E-state index in [2.05, 4.69) is 0 Å². The van der Waals surface area contributed by atoms with Crippen molar-refractivity contribution >= 4 is 17.8 Å². The zero-order chi connectivity index (χ0) is 17.4. The third-order valence-corrected chi connectivity index (χ3v) is 3.74. The summed E-state index contributed by atoms with van der Waals surface area (Å²) in [5.74, 6) is -1.13. The van der Waals surface area contributed by atoms with Gasteiger partial charge in [-0.25, -0.2) is 4.79 Å². The monoisotopic (exact) mass is 320 g/mol. The maximum Gasteiger partial charge on any atom is 0.335 e. The number of aryl methyl sites for hydroxylation is 1. The summed E-state index contributed by atoms with van der Waals surface area (Å²) in [7, 11) is 1.62. The molecular formula is C17H24N2O4. The summed E-state index contributed by atoms with van der Waals surface area (Å²) in [6.45, 7) is 5.16. The van der Waals surface area contributed by atoms with Gasteiger partial charge in [0.2, 0.25) is 11.8 Å². The first-order chi connectivity index (χ1) is 10.9. The molecule has 0 atom stereocenters. The molecule has 0 aliphatic carbocycles. The summed E-state index contributed by atoms with van der Waals surface area (Å²) >= 11 is 0. The number of hydrogen-bond acceptors (Lipinski definition) is 3. The van der Waals surface area contributed by atoms with E-state index in [1.807, 2.05) is 13.8 Å². The number of hydrogen-bond donors (Lipinski definition) is 1. The van der Waals surface area contributed by atoms with Gasteiger partial charge in [-0.3, -0.25) is 9.59 Å². The van der Waals surface area contributed by atoms with E-state index in [0.29, 0.717) is 19.5 Å². The lowest BCUT2D eigenvalue weighted by atomic mass is 10.1. The van der Waals surface area contributed by atoms with Crippen molar-refractivity contribution in [3.63, 3.8) is 0 Å². The van der Waals surface area contributed by atoms with Crippen molar-refractivity contribution in [3.8, 4) is 0 Å². The maximum atomic E-state index is 12.1. The second-order valence-electron chi connectivity index (χ2n) is 5.32. The molecule has 0 heterocycles. The van der Waals surface area contributed by atoms with Gasteiger partial charge in [0, 0.05) is 26.6 Å². The molecule has 6 heteroatoms. The summed E-state index contributed by atoms with van der Waals surface area (Å²) in [5.41, 5.74) is 1.12. The van der Waals surface area contributed by atoms with Gasteiger partial charge in [-0.1, -0.05) is 12.1 Å². The average Bonchev–Trinajstić information content (AvgIpc) is 2.53. The molecule has 1 aromatic rings. The molecule has 0 radical (unpaired) electrons. The molecule has 0 fully saturated rings. The molecule has 6 nitrogen and oxygen atoms in total. The molecule has 126 valence electrons. The van der Waals surface area contributed by atoms with Crippen LogP contribution in [0.15, 0.2) is 24.3 Å². The zero-order valence-corrected chi connectivity index (χ0v) is 13.9. The Morgan fingerprint density at radius 3 is 2.04 bits per heavy atom. The van der Waals surface area contributed by atoms with E-state index in [9.17, 15) is 14.4 Å². The summed E-state index contributed by atoms with van der Waals surface area (Å²) < 4.78 is 0. The van der Waals surface area contributed by atoms with Crippen LogP contribution in [0.2, 0.25) is 0 Å². The Hall–Kier alpha value is -2.37. The van der Waals surface area contributed by atoms with Gasteiger partial charge in [0.05, 0.1) is 12.1 Å². The normalized spacial score (nSPS) is 10.2. The van der Waals surface area contributed by atoms with Crippen molar-refractivity contribution < 1.29 is 19.5 Å². The minimum absolute atomic E-state index is 0.0586. The minimum Gasteiger partial charge on any atom is -0.478 e. The SMILES string of the molecule is CCN(CC)C(=O)CN(C)C(=O)CCc1ccc(C(=O)O)cc1. The van der Waals surface area contributed by atoms with E-state index >= 15 is 0 Å². The van der Waals surface area contributed by atoms with Crippen molar-refractivity contribution in [1.82, 2.24) is 9.80 Å². The van der Waals surface area contributed by atoms with E-state index in [0.717, 1.165) is 5.56 Å². The first-order valence-corrected chi connectivity index (χ1v) is 7.73. The third-order valence-electron chi connectivity index (χ3n) is 3.74. The van der Waals surface area contributed by atoms with Gasteiger partial charge in [0.15, 0.2) is 0 Å². The van der Waals surface area contributed by atoms with Crippen LogP contribution in [0.3, 0.4) is 0 Å². The fourth-order valence-electron chi connectivity index (χ4n) is 2.22. The number of nitrogens with zero attached hydrogens (tertiary/aromatic N) is 2. The molecule has 0 spiro atoms. The molecule has 0 aliphatic heterocycles. The van der Waals surface area contributed by atoms with E-state index in [1.165, 1.54) is 17.0 Å². The number of carbonyl (C=O) groups excluding carboxylic acids is 2. The van der Waals surface area contributed by atoms with Crippen molar-refractivity contribution in [3.05, 3.63) is 35.4 Å². The molecule has 0 unspecified atom stereocenters. The molecule has 1 aromatic carbocycles. The van der Waals surface area contributed by atoms with Crippen LogP contribution >= 0.6 is 0 Å². The molecule has 2 amide bonds. The van der Waals surface area contributed by atoms with Crippen LogP contribution < -0.4 is 0 Å². The number of carboxylic acid groups (broad SMARTS) is 1. The predicted molar refractivity (Wildman–Crippen MR) is 87.3 cm³/mol. The largest absolute Gasteiger partial charge is 0.478 e. The number of likely N-dealkylation sites (N-methyl/N-ethyl adjacent to an activating group) is 2. The lowest BCUT2D eigenvalue weighted by Crippen LogP contribution is -2.41. The molecule has 23 heavy (non-hydrogen) atoms. The highest BCUT2D eigenvalue weighted by Crippen LogP contribution is 2.08. The van der Waals surface area contributed by atoms with Gasteiger partial charge in [-0.15, -0.1) is 0 Å². The van der Waals surface area contributed by atoms with Crippen LogP contribution in [0, 0.1) is 0 Å². The lowest BCUT2D eigenvalue weighted by Gasteiger charge is -2.23. The Labute approximate surface area is 136 Å². The Morgan fingerprint density at radius 2 is 1.57 bits per heavy atom. The van der Waals surface area contributed by atoms with Crippen LogP contribution in [-0.2, 0) is 16.0 Å². The molecular weight excluding hydrogens is 296 g/mol. The van der Waals surface area contributed by atoms with Crippen molar-refractivity contribution in [1.29, 1.82) is 0 Å². The van der Waals surface area contributed by atoms with Gasteiger partial charge < -0.3 is 14.9 Å². The maximum absolute atomic E-state index is 12.1. The van der Waals surface area contributed by atoms with Crippen LogP contribution in [-0.4, -0.2) is 59.4 Å².